The maximum absolute atomic E-state index is 9.97. The van der Waals surface area contributed by atoms with E-state index in [2.05, 4.69) is 4.74 Å². The third-order valence-corrected chi connectivity index (χ3v) is 0.806. The topological polar surface area (TPSA) is 102 Å². The second-order valence-electron chi connectivity index (χ2n) is 1.36. The Hall–Kier alpha value is -1.59. The zero-order chi connectivity index (χ0) is 8.15. The number of nitrogens with zero attached hydrogens (tertiary/aromatic N) is 1. The quantitative estimate of drug-likeness (QED) is 0.246. The molecule has 10 heavy (non-hydrogen) atoms. The lowest BCUT2D eigenvalue weighted by Crippen LogP contribution is -2.11. The summed E-state index contributed by atoms with van der Waals surface area (Å²) in [6, 6.07) is 0. The molecule has 0 heterocycles. The summed E-state index contributed by atoms with van der Waals surface area (Å²) in [5.41, 5.74) is 4.45. The summed E-state index contributed by atoms with van der Waals surface area (Å²) in [6.45, 7) is 0. The molecule has 0 aromatic rings. The van der Waals surface area contributed by atoms with Gasteiger partial charge >= 0.3 is 5.70 Å². The van der Waals surface area contributed by atoms with Crippen LogP contribution in [0.3, 0.4) is 0 Å². The molecular formula is C4H7N3O3. The van der Waals surface area contributed by atoms with Crippen molar-refractivity contribution in [3.63, 3.8) is 0 Å². The maximum Gasteiger partial charge on any atom is 0.345 e. The van der Waals surface area contributed by atoms with Crippen molar-refractivity contribution in [2.24, 2.45) is 5.73 Å². The summed E-state index contributed by atoms with van der Waals surface area (Å²) in [6.07, 6.45) is 0.527. The van der Waals surface area contributed by atoms with E-state index in [1.54, 1.807) is 0 Å². The summed E-state index contributed by atoms with van der Waals surface area (Å²) in [5.74, 6) is -0.361. The maximum atomic E-state index is 9.97. The van der Waals surface area contributed by atoms with E-state index in [9.17, 15) is 10.1 Å². The van der Waals surface area contributed by atoms with Crippen LogP contribution in [0.25, 0.3) is 0 Å². The van der Waals surface area contributed by atoms with E-state index in [1.165, 1.54) is 7.11 Å². The van der Waals surface area contributed by atoms with Gasteiger partial charge in [0.25, 0.3) is 5.88 Å². The zero-order valence-electron chi connectivity index (χ0n) is 5.33. The second kappa shape index (κ2) is 3.44. The molecule has 0 aliphatic heterocycles. The molecule has 0 fully saturated rings. The minimum absolute atomic E-state index is 0.361. The molecule has 0 spiro atoms. The van der Waals surface area contributed by atoms with E-state index < -0.39 is 10.6 Å². The minimum atomic E-state index is -0.786. The van der Waals surface area contributed by atoms with E-state index in [0.717, 1.165) is 0 Å². The number of nitrogens with one attached hydrogen (secondary N) is 1. The van der Waals surface area contributed by atoms with Crippen molar-refractivity contribution in [1.82, 2.24) is 0 Å². The first-order valence-electron chi connectivity index (χ1n) is 2.32. The standard InChI is InChI=1S/C4H7N3O3/c1-10-4(6)3(2-5)7(8)9/h2,5H,6H2,1H3/b4-3-,5-2?. The van der Waals surface area contributed by atoms with Crippen LogP contribution >= 0.6 is 0 Å². The van der Waals surface area contributed by atoms with E-state index in [-0.39, 0.29) is 5.88 Å². The first-order valence-corrected chi connectivity index (χ1v) is 2.32. The van der Waals surface area contributed by atoms with Crippen molar-refractivity contribution in [2.45, 2.75) is 0 Å². The monoisotopic (exact) mass is 145 g/mol. The largest absolute Gasteiger partial charge is 0.478 e. The predicted molar refractivity (Wildman–Crippen MR) is 34.0 cm³/mol. The molecule has 0 aromatic heterocycles. The molecule has 0 radical (unpaired) electrons. The van der Waals surface area contributed by atoms with Crippen molar-refractivity contribution in [1.29, 1.82) is 5.41 Å². The van der Waals surface area contributed by atoms with E-state index >= 15 is 0 Å². The number of ether oxygens (including phenoxy) is 1. The molecule has 0 atom stereocenters. The molecule has 0 bridgehead atoms. The van der Waals surface area contributed by atoms with Crippen LogP contribution in [0.4, 0.5) is 0 Å². The Balaban J connectivity index is 4.62. The van der Waals surface area contributed by atoms with Gasteiger partial charge in [-0.3, -0.25) is 10.1 Å². The molecule has 0 unspecified atom stereocenters. The summed E-state index contributed by atoms with van der Waals surface area (Å²) in [5, 5.41) is 16.5. The summed E-state index contributed by atoms with van der Waals surface area (Å²) in [7, 11) is 1.20. The van der Waals surface area contributed by atoms with E-state index in [0.29, 0.717) is 6.21 Å². The highest BCUT2D eigenvalue weighted by molar-refractivity contribution is 5.72. The normalized spacial score (nSPS) is 11.7. The molecular weight excluding hydrogens is 138 g/mol. The molecule has 0 aromatic carbocycles. The third kappa shape index (κ3) is 1.73. The van der Waals surface area contributed by atoms with Gasteiger partial charge in [0.1, 0.15) is 6.21 Å². The van der Waals surface area contributed by atoms with Crippen LogP contribution in [-0.4, -0.2) is 18.2 Å². The van der Waals surface area contributed by atoms with Crippen molar-refractivity contribution in [3.8, 4) is 0 Å². The van der Waals surface area contributed by atoms with Gasteiger partial charge in [0, 0.05) is 0 Å². The number of allylic oxidation sites excluding steroid dienone is 1. The first-order chi connectivity index (χ1) is 4.63. The summed E-state index contributed by atoms with van der Waals surface area (Å²) in [4.78, 5) is 9.18. The molecule has 0 saturated heterocycles. The number of hydrogen-bond acceptors (Lipinski definition) is 5. The lowest BCUT2D eigenvalue weighted by atomic mass is 10.5. The van der Waals surface area contributed by atoms with Crippen LogP contribution in [0.2, 0.25) is 0 Å². The highest BCUT2D eigenvalue weighted by Crippen LogP contribution is 1.95. The van der Waals surface area contributed by atoms with E-state index in [1.807, 2.05) is 0 Å². The molecule has 3 N–H and O–H groups in total. The molecule has 56 valence electrons. The Bertz CT molecular complexity index is 186. The number of rotatable bonds is 3. The lowest BCUT2D eigenvalue weighted by molar-refractivity contribution is -0.417. The Morgan fingerprint density at radius 3 is 2.50 bits per heavy atom. The van der Waals surface area contributed by atoms with Crippen molar-refractivity contribution < 1.29 is 9.66 Å². The zero-order valence-corrected chi connectivity index (χ0v) is 5.33. The average molecular weight is 145 g/mol. The highest BCUT2D eigenvalue weighted by Gasteiger charge is 2.12. The van der Waals surface area contributed by atoms with Gasteiger partial charge < -0.3 is 15.9 Å². The Kier molecular flexibility index (Phi) is 2.89. The van der Waals surface area contributed by atoms with Gasteiger partial charge in [-0.2, -0.15) is 0 Å². The van der Waals surface area contributed by atoms with Gasteiger partial charge in [0.2, 0.25) is 0 Å². The molecule has 6 nitrogen and oxygen atoms in total. The average Bonchev–Trinajstić information content (AvgIpc) is 1.88. The number of nitrogens with two attached hydrogens (primary N) is 1. The molecule has 0 saturated carbocycles. The molecule has 0 amide bonds. The van der Waals surface area contributed by atoms with Crippen LogP contribution in [0.1, 0.15) is 0 Å². The van der Waals surface area contributed by atoms with Crippen molar-refractivity contribution >= 4 is 6.21 Å². The second-order valence-corrected chi connectivity index (χ2v) is 1.36. The fraction of sp³-hybridized carbons (Fsp3) is 0.250. The molecule has 0 rings (SSSR count). The fourth-order valence-corrected chi connectivity index (χ4v) is 0.318. The molecule has 0 aliphatic rings. The lowest BCUT2D eigenvalue weighted by Gasteiger charge is -1.96. The van der Waals surface area contributed by atoms with Crippen LogP contribution in [0, 0.1) is 15.5 Å². The van der Waals surface area contributed by atoms with Gasteiger partial charge in [0.05, 0.1) is 12.0 Å². The van der Waals surface area contributed by atoms with Gasteiger partial charge in [0.15, 0.2) is 0 Å². The van der Waals surface area contributed by atoms with E-state index in [4.69, 9.17) is 11.1 Å². The Morgan fingerprint density at radius 1 is 1.90 bits per heavy atom. The van der Waals surface area contributed by atoms with Crippen molar-refractivity contribution in [2.75, 3.05) is 7.11 Å². The van der Waals surface area contributed by atoms with Gasteiger partial charge in [-0.05, 0) is 0 Å². The number of methoxy groups -OCH3 is 1. The predicted octanol–water partition coefficient (Wildman–Crippen LogP) is -0.313. The first kappa shape index (κ1) is 8.41. The SMILES string of the molecule is CO/C(N)=C(/C=N)[N+](=O)[O-]. The minimum Gasteiger partial charge on any atom is -0.478 e. The number of hydrogen-bond donors (Lipinski definition) is 2. The Labute approximate surface area is 56.9 Å². The summed E-state index contributed by atoms with van der Waals surface area (Å²) < 4.78 is 4.33. The van der Waals surface area contributed by atoms with Crippen LogP contribution < -0.4 is 5.73 Å². The summed E-state index contributed by atoms with van der Waals surface area (Å²) >= 11 is 0. The van der Waals surface area contributed by atoms with Gasteiger partial charge in [-0.1, -0.05) is 0 Å². The van der Waals surface area contributed by atoms with Gasteiger partial charge in [-0.25, -0.2) is 0 Å². The van der Waals surface area contributed by atoms with Crippen LogP contribution in [0.15, 0.2) is 11.6 Å². The van der Waals surface area contributed by atoms with Crippen LogP contribution in [0.5, 0.6) is 0 Å². The van der Waals surface area contributed by atoms with Crippen molar-refractivity contribution in [3.05, 3.63) is 21.7 Å². The highest BCUT2D eigenvalue weighted by atomic mass is 16.6. The molecule has 0 aliphatic carbocycles. The smallest absolute Gasteiger partial charge is 0.345 e. The fourth-order valence-electron chi connectivity index (χ4n) is 0.318. The Morgan fingerprint density at radius 2 is 2.40 bits per heavy atom. The van der Waals surface area contributed by atoms with Gasteiger partial charge in [-0.15, -0.1) is 0 Å². The van der Waals surface area contributed by atoms with Crippen LogP contribution in [-0.2, 0) is 4.74 Å². The number of nitro groups is 1. The third-order valence-electron chi connectivity index (χ3n) is 0.806. The molecule has 6 heteroatoms.